The van der Waals surface area contributed by atoms with Gasteiger partial charge in [0.25, 0.3) is 5.56 Å². The van der Waals surface area contributed by atoms with Gasteiger partial charge in [0.1, 0.15) is 5.82 Å². The van der Waals surface area contributed by atoms with Crippen LogP contribution < -0.4 is 10.4 Å². The number of aromatic nitrogens is 3. The lowest BCUT2D eigenvalue weighted by atomic mass is 9.95. The Morgan fingerprint density at radius 3 is 2.59 bits per heavy atom. The summed E-state index contributed by atoms with van der Waals surface area (Å²) in [5.74, 6) is -3.77. The van der Waals surface area contributed by atoms with Gasteiger partial charge in [-0.1, -0.05) is 17.7 Å². The van der Waals surface area contributed by atoms with Gasteiger partial charge >= 0.3 is 12.1 Å². The van der Waals surface area contributed by atoms with Gasteiger partial charge < -0.3 is 14.7 Å². The van der Waals surface area contributed by atoms with Crippen molar-refractivity contribution in [3.63, 3.8) is 0 Å². The first-order valence-electron chi connectivity index (χ1n) is 11.6. The molecule has 0 atom stereocenters. The van der Waals surface area contributed by atoms with Gasteiger partial charge in [0, 0.05) is 40.7 Å². The highest BCUT2D eigenvalue weighted by Crippen LogP contribution is 2.28. The van der Waals surface area contributed by atoms with E-state index in [1.54, 1.807) is 0 Å². The van der Waals surface area contributed by atoms with E-state index in [-0.39, 0.29) is 16.7 Å². The van der Waals surface area contributed by atoms with Crippen molar-refractivity contribution < 1.29 is 27.2 Å². The van der Waals surface area contributed by atoms with Gasteiger partial charge in [-0.25, -0.2) is 14.2 Å². The maximum absolute atomic E-state index is 13.8. The average Bonchev–Trinajstić information content (AvgIpc) is 3.25. The molecule has 194 valence electrons. The van der Waals surface area contributed by atoms with E-state index in [2.05, 4.69) is 19.7 Å². The number of nitrogens with zero attached hydrogens (tertiary/aromatic N) is 3. The second-order valence-electron chi connectivity index (χ2n) is 8.98. The number of piperidine rings is 1. The topological polar surface area (TPSA) is 80.2 Å². The minimum absolute atomic E-state index is 0.0128. The van der Waals surface area contributed by atoms with Gasteiger partial charge in [-0.2, -0.15) is 13.2 Å². The molecule has 1 aliphatic heterocycles. The first-order valence-corrected chi connectivity index (χ1v) is 12.0. The number of hydrogen-bond acceptors (Lipinski definition) is 5. The summed E-state index contributed by atoms with van der Waals surface area (Å²) in [6.07, 6.45) is -1.67. The lowest BCUT2D eigenvalue weighted by Gasteiger charge is -2.32. The summed E-state index contributed by atoms with van der Waals surface area (Å²) in [6.45, 7) is 1.92. The van der Waals surface area contributed by atoms with E-state index in [1.165, 1.54) is 0 Å². The Morgan fingerprint density at radius 1 is 1.14 bits per heavy atom. The molecule has 12 heteroatoms. The van der Waals surface area contributed by atoms with Gasteiger partial charge in [-0.3, -0.25) is 4.79 Å². The van der Waals surface area contributed by atoms with Crippen LogP contribution in [0.15, 0.2) is 47.4 Å². The molecule has 1 fully saturated rings. The zero-order valence-corrected chi connectivity index (χ0v) is 20.1. The van der Waals surface area contributed by atoms with Crippen molar-refractivity contribution >= 4 is 39.4 Å². The Labute approximate surface area is 212 Å². The molecule has 7 nitrogen and oxygen atoms in total. The Morgan fingerprint density at radius 2 is 1.86 bits per heavy atom. The summed E-state index contributed by atoms with van der Waals surface area (Å²) in [5, 5.41) is 1.58. The van der Waals surface area contributed by atoms with Crippen LogP contribution in [-0.4, -0.2) is 51.4 Å². The fourth-order valence-corrected chi connectivity index (χ4v) is 4.87. The van der Waals surface area contributed by atoms with Crippen molar-refractivity contribution in [1.82, 2.24) is 19.6 Å². The molecule has 3 heterocycles. The highest BCUT2D eigenvalue weighted by Gasteiger charge is 2.43. The standard InChI is InChI=1S/C25H21ClF4N4O3/c26-16-1-3-18-15(13-31-20(18)11-16)7-10-33-8-5-14(6-9-33)22-32-21-12-17(27)2-4-19(21)23(35)34(22)37-24(36)25(28,29)30/h1-4,11-14,31H,5-10H2. The lowest BCUT2D eigenvalue weighted by Crippen LogP contribution is -2.42. The SMILES string of the molecule is O=C(On1c(C2CCN(CCc3c[nH]c4cc(Cl)ccc34)CC2)nc2cc(F)ccc2c1=O)C(F)(F)F. The molecule has 1 saturated heterocycles. The molecule has 2 aromatic heterocycles. The van der Waals surface area contributed by atoms with Crippen molar-refractivity contribution in [1.29, 1.82) is 0 Å². The van der Waals surface area contributed by atoms with E-state index < -0.39 is 29.4 Å². The molecule has 0 spiro atoms. The Hall–Kier alpha value is -3.44. The van der Waals surface area contributed by atoms with Crippen LogP contribution in [0.1, 0.15) is 30.1 Å². The van der Waals surface area contributed by atoms with Crippen LogP contribution in [0.4, 0.5) is 17.6 Å². The molecule has 0 bridgehead atoms. The van der Waals surface area contributed by atoms with E-state index in [0.717, 1.165) is 47.6 Å². The first-order chi connectivity index (χ1) is 17.6. The van der Waals surface area contributed by atoms with Crippen LogP contribution in [0.2, 0.25) is 5.02 Å². The van der Waals surface area contributed by atoms with Crippen LogP contribution in [-0.2, 0) is 11.2 Å². The van der Waals surface area contributed by atoms with Gasteiger partial charge in [0.2, 0.25) is 0 Å². The molecule has 2 aromatic carbocycles. The van der Waals surface area contributed by atoms with Crippen molar-refractivity contribution in [2.45, 2.75) is 31.4 Å². The molecular weight excluding hydrogens is 516 g/mol. The summed E-state index contributed by atoms with van der Waals surface area (Å²) in [5.41, 5.74) is 1.08. The second-order valence-corrected chi connectivity index (χ2v) is 9.41. The molecule has 1 N–H and O–H groups in total. The van der Waals surface area contributed by atoms with Crippen molar-refractivity contribution in [3.8, 4) is 0 Å². The Bertz CT molecular complexity index is 1540. The fourth-order valence-electron chi connectivity index (χ4n) is 4.70. The van der Waals surface area contributed by atoms with Gasteiger partial charge in [0.05, 0.1) is 10.9 Å². The number of carbonyl (C=O) groups excluding carboxylic acids is 1. The maximum Gasteiger partial charge on any atom is 0.493 e. The number of benzene rings is 2. The number of hydrogen-bond donors (Lipinski definition) is 1. The van der Waals surface area contributed by atoms with Crippen molar-refractivity contribution in [3.05, 3.63) is 75.2 Å². The summed E-state index contributed by atoms with van der Waals surface area (Å²) in [6, 6.07) is 8.77. The number of nitrogens with one attached hydrogen (secondary N) is 1. The number of halogens is 5. The third-order valence-electron chi connectivity index (χ3n) is 6.60. The largest absolute Gasteiger partial charge is 0.493 e. The van der Waals surface area contributed by atoms with E-state index in [9.17, 15) is 27.2 Å². The molecule has 0 unspecified atom stereocenters. The predicted molar refractivity (Wildman–Crippen MR) is 129 cm³/mol. The van der Waals surface area contributed by atoms with E-state index in [1.807, 2.05) is 24.4 Å². The number of carbonyl (C=O) groups is 1. The fraction of sp³-hybridized carbons (Fsp3) is 0.320. The average molecular weight is 537 g/mol. The molecule has 0 aliphatic carbocycles. The molecular formula is C25H21ClF4N4O3. The molecule has 0 radical (unpaired) electrons. The molecule has 0 amide bonds. The highest BCUT2D eigenvalue weighted by atomic mass is 35.5. The monoisotopic (exact) mass is 536 g/mol. The lowest BCUT2D eigenvalue weighted by molar-refractivity contribution is -0.200. The maximum atomic E-state index is 13.8. The summed E-state index contributed by atoms with van der Waals surface area (Å²) >= 11 is 6.05. The minimum Gasteiger partial charge on any atom is -0.361 e. The summed E-state index contributed by atoms with van der Waals surface area (Å²) < 4.78 is 52.8. The van der Waals surface area contributed by atoms with Crippen LogP contribution in [0.3, 0.4) is 0 Å². The minimum atomic E-state index is -5.30. The van der Waals surface area contributed by atoms with Crippen molar-refractivity contribution in [2.75, 3.05) is 19.6 Å². The second kappa shape index (κ2) is 9.79. The van der Waals surface area contributed by atoms with E-state index in [4.69, 9.17) is 11.6 Å². The number of likely N-dealkylation sites (tertiary alicyclic amines) is 1. The van der Waals surface area contributed by atoms with Crippen LogP contribution in [0.5, 0.6) is 0 Å². The molecule has 0 saturated carbocycles. The van der Waals surface area contributed by atoms with Crippen molar-refractivity contribution in [2.24, 2.45) is 0 Å². The predicted octanol–water partition coefficient (Wildman–Crippen LogP) is 4.61. The van der Waals surface area contributed by atoms with Crippen LogP contribution in [0.25, 0.3) is 21.8 Å². The Balaban J connectivity index is 1.34. The van der Waals surface area contributed by atoms with Gasteiger partial charge in [0.15, 0.2) is 5.82 Å². The highest BCUT2D eigenvalue weighted by molar-refractivity contribution is 6.31. The zero-order valence-electron chi connectivity index (χ0n) is 19.3. The molecule has 4 aromatic rings. The Kier molecular flexibility index (Phi) is 6.67. The van der Waals surface area contributed by atoms with Crippen LogP contribution in [0, 0.1) is 5.82 Å². The van der Waals surface area contributed by atoms with Gasteiger partial charge in [-0.15, -0.1) is 4.73 Å². The third kappa shape index (κ3) is 5.19. The van der Waals surface area contributed by atoms with Gasteiger partial charge in [-0.05, 0) is 62.2 Å². The normalized spacial score (nSPS) is 15.5. The number of H-pyrrole nitrogens is 1. The molecule has 37 heavy (non-hydrogen) atoms. The molecule has 1 aliphatic rings. The third-order valence-corrected chi connectivity index (χ3v) is 6.84. The number of fused-ring (bicyclic) bond motifs is 2. The molecule has 5 rings (SSSR count). The van der Waals surface area contributed by atoms with E-state index in [0.29, 0.717) is 35.7 Å². The summed E-state index contributed by atoms with van der Waals surface area (Å²) in [4.78, 5) is 38.6. The smallest absolute Gasteiger partial charge is 0.361 e. The zero-order chi connectivity index (χ0) is 26.3. The number of aromatic amines is 1. The van der Waals surface area contributed by atoms with Crippen LogP contribution >= 0.6 is 11.6 Å². The number of alkyl halides is 3. The first kappa shape index (κ1) is 25.2. The summed E-state index contributed by atoms with van der Waals surface area (Å²) in [7, 11) is 0. The quantitative estimate of drug-likeness (QED) is 0.377. The van der Waals surface area contributed by atoms with E-state index >= 15 is 0 Å². The number of rotatable bonds is 5.